The van der Waals surface area contributed by atoms with Crippen LogP contribution < -0.4 is 5.63 Å². The summed E-state index contributed by atoms with van der Waals surface area (Å²) in [5.74, 6) is -0.713. The summed E-state index contributed by atoms with van der Waals surface area (Å²) in [6.45, 7) is 2.30. The fraction of sp³-hybridized carbons (Fsp3) is 0.450. The first kappa shape index (κ1) is 18.2. The second-order valence-electron chi connectivity index (χ2n) is 6.48. The predicted octanol–water partition coefficient (Wildman–Crippen LogP) is 3.13. The van der Waals surface area contributed by atoms with E-state index in [1.807, 2.05) is 6.07 Å². The van der Waals surface area contributed by atoms with E-state index >= 15 is 0 Å². The third kappa shape index (κ3) is 3.95. The van der Waals surface area contributed by atoms with Gasteiger partial charge in [0.2, 0.25) is 0 Å². The third-order valence-corrected chi connectivity index (χ3v) is 4.76. The molecule has 0 radical (unpaired) electrons. The summed E-state index contributed by atoms with van der Waals surface area (Å²) < 4.78 is 10.3. The van der Waals surface area contributed by atoms with Gasteiger partial charge in [0, 0.05) is 18.0 Å². The Morgan fingerprint density at radius 1 is 1.23 bits per heavy atom. The molecule has 1 aromatic heterocycles. The average Bonchev–Trinajstić information content (AvgIpc) is 3.15. The standard InChI is InChI=1S/C20H23NO5/c1-2-25-18(22)11-12-21(15-8-4-5-9-15)19(23)16-13-14-7-3-6-10-17(14)26-20(16)24/h3,6-7,10,13,15H,2,4-5,8-9,11-12H2,1H3. The molecule has 1 aliphatic carbocycles. The van der Waals surface area contributed by atoms with Crippen LogP contribution in [0.4, 0.5) is 0 Å². The van der Waals surface area contributed by atoms with Gasteiger partial charge in [-0.05, 0) is 31.9 Å². The molecular formula is C20H23NO5. The number of carbonyl (C=O) groups excluding carboxylic acids is 2. The van der Waals surface area contributed by atoms with Crippen molar-refractivity contribution in [3.05, 3.63) is 46.3 Å². The highest BCUT2D eigenvalue weighted by molar-refractivity contribution is 5.97. The van der Waals surface area contributed by atoms with Crippen LogP contribution in [0.3, 0.4) is 0 Å². The molecule has 0 bridgehead atoms. The molecule has 2 aromatic rings. The Bertz CT molecular complexity index is 851. The fourth-order valence-corrected chi connectivity index (χ4v) is 3.48. The zero-order valence-electron chi connectivity index (χ0n) is 14.9. The lowest BCUT2D eigenvalue weighted by atomic mass is 10.1. The van der Waals surface area contributed by atoms with E-state index in [-0.39, 0.29) is 36.4 Å². The Morgan fingerprint density at radius 3 is 2.69 bits per heavy atom. The van der Waals surface area contributed by atoms with E-state index in [0.717, 1.165) is 25.7 Å². The van der Waals surface area contributed by atoms with Gasteiger partial charge in [-0.1, -0.05) is 31.0 Å². The highest BCUT2D eigenvalue weighted by Gasteiger charge is 2.29. The lowest BCUT2D eigenvalue weighted by Gasteiger charge is -2.28. The van der Waals surface area contributed by atoms with Gasteiger partial charge >= 0.3 is 11.6 Å². The molecule has 0 N–H and O–H groups in total. The largest absolute Gasteiger partial charge is 0.466 e. The van der Waals surface area contributed by atoms with Gasteiger partial charge in [0.1, 0.15) is 11.1 Å². The van der Waals surface area contributed by atoms with Crippen molar-refractivity contribution in [3.63, 3.8) is 0 Å². The van der Waals surface area contributed by atoms with Crippen LogP contribution in [0.15, 0.2) is 39.5 Å². The van der Waals surface area contributed by atoms with Crippen molar-refractivity contribution in [2.24, 2.45) is 0 Å². The van der Waals surface area contributed by atoms with Gasteiger partial charge < -0.3 is 14.1 Å². The van der Waals surface area contributed by atoms with E-state index in [9.17, 15) is 14.4 Å². The van der Waals surface area contributed by atoms with Crippen LogP contribution in [-0.2, 0) is 9.53 Å². The molecule has 3 rings (SSSR count). The molecule has 1 aromatic carbocycles. The van der Waals surface area contributed by atoms with E-state index < -0.39 is 5.63 Å². The monoisotopic (exact) mass is 357 g/mol. The molecule has 26 heavy (non-hydrogen) atoms. The number of ether oxygens (including phenoxy) is 1. The van der Waals surface area contributed by atoms with Crippen molar-refractivity contribution in [2.75, 3.05) is 13.2 Å². The first-order valence-corrected chi connectivity index (χ1v) is 9.09. The molecule has 1 heterocycles. The van der Waals surface area contributed by atoms with Crippen LogP contribution >= 0.6 is 0 Å². The van der Waals surface area contributed by atoms with Gasteiger partial charge in [-0.15, -0.1) is 0 Å². The van der Waals surface area contributed by atoms with Crippen LogP contribution in [0.5, 0.6) is 0 Å². The van der Waals surface area contributed by atoms with E-state index in [4.69, 9.17) is 9.15 Å². The number of rotatable bonds is 6. The average molecular weight is 357 g/mol. The van der Waals surface area contributed by atoms with E-state index in [2.05, 4.69) is 0 Å². The topological polar surface area (TPSA) is 76.8 Å². The van der Waals surface area contributed by atoms with E-state index in [1.54, 1.807) is 36.1 Å². The SMILES string of the molecule is CCOC(=O)CCN(C(=O)c1cc2ccccc2oc1=O)C1CCCC1. The van der Waals surface area contributed by atoms with Crippen molar-refractivity contribution >= 4 is 22.8 Å². The predicted molar refractivity (Wildman–Crippen MR) is 97.0 cm³/mol. The molecule has 0 atom stereocenters. The lowest BCUT2D eigenvalue weighted by molar-refractivity contribution is -0.143. The first-order valence-electron chi connectivity index (χ1n) is 9.09. The van der Waals surface area contributed by atoms with Gasteiger partial charge in [0.05, 0.1) is 13.0 Å². The smallest absolute Gasteiger partial charge is 0.349 e. The summed E-state index contributed by atoms with van der Waals surface area (Å²) in [6.07, 6.45) is 3.97. The molecule has 1 amide bonds. The lowest BCUT2D eigenvalue weighted by Crippen LogP contribution is -2.42. The number of hydrogen-bond donors (Lipinski definition) is 0. The molecular weight excluding hydrogens is 334 g/mol. The maximum Gasteiger partial charge on any atom is 0.349 e. The van der Waals surface area contributed by atoms with Gasteiger partial charge in [-0.2, -0.15) is 0 Å². The van der Waals surface area contributed by atoms with Gasteiger partial charge in [0.25, 0.3) is 5.91 Å². The van der Waals surface area contributed by atoms with Gasteiger partial charge in [0.15, 0.2) is 0 Å². The summed E-state index contributed by atoms with van der Waals surface area (Å²) in [7, 11) is 0. The second kappa shape index (κ2) is 8.17. The summed E-state index contributed by atoms with van der Waals surface area (Å²) in [6, 6.07) is 8.72. The van der Waals surface area contributed by atoms with Crippen LogP contribution in [0.2, 0.25) is 0 Å². The summed E-state index contributed by atoms with van der Waals surface area (Å²) in [4.78, 5) is 38.8. The number of benzene rings is 1. The normalized spacial score (nSPS) is 14.5. The molecule has 1 fully saturated rings. The van der Waals surface area contributed by atoms with Gasteiger partial charge in [-0.25, -0.2) is 4.79 Å². The molecule has 0 unspecified atom stereocenters. The Labute approximate surface area is 151 Å². The molecule has 1 aliphatic rings. The zero-order valence-corrected chi connectivity index (χ0v) is 14.9. The number of nitrogens with zero attached hydrogens (tertiary/aromatic N) is 1. The van der Waals surface area contributed by atoms with Crippen LogP contribution in [0.25, 0.3) is 11.0 Å². The fourth-order valence-electron chi connectivity index (χ4n) is 3.48. The first-order chi connectivity index (χ1) is 12.6. The van der Waals surface area contributed by atoms with E-state index in [1.165, 1.54) is 0 Å². The van der Waals surface area contributed by atoms with Crippen LogP contribution in [0, 0.1) is 0 Å². The number of fused-ring (bicyclic) bond motifs is 1. The Balaban J connectivity index is 1.87. The number of esters is 1. The molecule has 0 spiro atoms. The highest BCUT2D eigenvalue weighted by Crippen LogP contribution is 2.25. The Hall–Kier alpha value is -2.63. The molecule has 1 saturated carbocycles. The van der Waals surface area contributed by atoms with E-state index in [0.29, 0.717) is 17.6 Å². The maximum atomic E-state index is 13.1. The maximum absolute atomic E-state index is 13.1. The second-order valence-corrected chi connectivity index (χ2v) is 6.48. The van der Waals surface area contributed by atoms with Crippen LogP contribution in [-0.4, -0.2) is 36.0 Å². The number of hydrogen-bond acceptors (Lipinski definition) is 5. The Morgan fingerprint density at radius 2 is 1.96 bits per heavy atom. The Kier molecular flexibility index (Phi) is 5.71. The van der Waals surface area contributed by atoms with Crippen LogP contribution in [0.1, 0.15) is 49.4 Å². The highest BCUT2D eigenvalue weighted by atomic mass is 16.5. The van der Waals surface area contributed by atoms with Crippen molar-refractivity contribution < 1.29 is 18.7 Å². The molecule has 0 saturated heterocycles. The number of amides is 1. The van der Waals surface area contributed by atoms with Gasteiger partial charge in [-0.3, -0.25) is 9.59 Å². The number of para-hydroxylation sites is 1. The minimum Gasteiger partial charge on any atom is -0.466 e. The molecule has 6 heteroatoms. The summed E-state index contributed by atoms with van der Waals surface area (Å²) >= 11 is 0. The summed E-state index contributed by atoms with van der Waals surface area (Å²) in [5, 5.41) is 0.701. The number of carbonyl (C=O) groups is 2. The molecule has 0 aliphatic heterocycles. The third-order valence-electron chi connectivity index (χ3n) is 4.76. The molecule has 6 nitrogen and oxygen atoms in total. The quantitative estimate of drug-likeness (QED) is 0.586. The van der Waals surface area contributed by atoms with Crippen molar-refractivity contribution in [3.8, 4) is 0 Å². The minimum absolute atomic E-state index is 0.0134. The van der Waals surface area contributed by atoms with Crippen molar-refractivity contribution in [1.82, 2.24) is 4.90 Å². The molecule has 138 valence electrons. The minimum atomic E-state index is -0.646. The van der Waals surface area contributed by atoms with Crippen molar-refractivity contribution in [1.29, 1.82) is 0 Å². The van der Waals surface area contributed by atoms with Crippen molar-refractivity contribution in [2.45, 2.75) is 45.1 Å². The zero-order chi connectivity index (χ0) is 18.5. The summed E-state index contributed by atoms with van der Waals surface area (Å²) in [5.41, 5.74) is -0.180.